The van der Waals surface area contributed by atoms with Gasteiger partial charge in [-0.2, -0.15) is 0 Å². The van der Waals surface area contributed by atoms with Crippen molar-refractivity contribution in [2.45, 2.75) is 49.7 Å². The highest BCUT2D eigenvalue weighted by molar-refractivity contribution is 7.92. The van der Waals surface area contributed by atoms with E-state index in [0.29, 0.717) is 56.9 Å². The van der Waals surface area contributed by atoms with E-state index < -0.39 is 22.1 Å². The highest BCUT2D eigenvalue weighted by atomic mass is 35.5. The minimum absolute atomic E-state index is 0.143. The fourth-order valence-electron chi connectivity index (χ4n) is 6.82. The second-order valence-corrected chi connectivity index (χ2v) is 14.4. The molecule has 3 aliphatic heterocycles. The Balaban J connectivity index is 1.18. The predicted octanol–water partition coefficient (Wildman–Crippen LogP) is 3.43. The lowest BCUT2D eigenvalue weighted by molar-refractivity contribution is -0.138. The number of benzene rings is 3. The van der Waals surface area contributed by atoms with Gasteiger partial charge in [0.05, 0.1) is 25.1 Å². The first-order valence-electron chi connectivity index (χ1n) is 14.9. The SMILES string of the molecule is COc1ccc2c(c1)CNC(C(=O)N[C@H](Cc1ccc(Cl)cc1)C(=O)N1CCC3(CC1)CN(S(C)(=O)=O)c1ccccc13)C2. The first-order chi connectivity index (χ1) is 21.1. The van der Waals surface area contributed by atoms with Crippen LogP contribution < -0.4 is 19.7 Å². The quantitative estimate of drug-likeness (QED) is 0.412. The van der Waals surface area contributed by atoms with Crippen molar-refractivity contribution in [3.05, 3.63) is 94.0 Å². The summed E-state index contributed by atoms with van der Waals surface area (Å²) in [4.78, 5) is 29.5. The third-order valence-corrected chi connectivity index (χ3v) is 10.7. The normalized spacial score (nSPS) is 19.7. The Labute approximate surface area is 263 Å². The Morgan fingerprint density at radius 2 is 1.80 bits per heavy atom. The van der Waals surface area contributed by atoms with Gasteiger partial charge >= 0.3 is 0 Å². The van der Waals surface area contributed by atoms with Gasteiger partial charge in [-0.15, -0.1) is 0 Å². The third-order valence-electron chi connectivity index (χ3n) is 9.28. The fraction of sp³-hybridized carbons (Fsp3) is 0.394. The summed E-state index contributed by atoms with van der Waals surface area (Å²) in [6, 6.07) is 19.6. The summed E-state index contributed by atoms with van der Waals surface area (Å²) in [5.41, 5.74) is 4.45. The van der Waals surface area contributed by atoms with Crippen molar-refractivity contribution in [2.75, 3.05) is 37.3 Å². The standard InChI is InChI=1S/C33H37ClN4O5S/c1-43-26-12-9-23-19-28(35-20-24(23)18-26)31(39)36-29(17-22-7-10-25(34)11-8-22)32(40)37-15-13-33(14-16-37)21-38(44(2,41)42)30-6-4-3-5-27(30)33/h3-12,18,28-29,35H,13-17,19-21H2,1-2H3,(H,36,39)/t28?,29-/m1/s1. The van der Waals surface area contributed by atoms with E-state index in [9.17, 15) is 18.0 Å². The zero-order valence-electron chi connectivity index (χ0n) is 24.9. The predicted molar refractivity (Wildman–Crippen MR) is 171 cm³/mol. The van der Waals surface area contributed by atoms with Crippen LogP contribution in [0.1, 0.15) is 35.1 Å². The minimum atomic E-state index is -3.44. The van der Waals surface area contributed by atoms with E-state index in [4.69, 9.17) is 16.3 Å². The topological polar surface area (TPSA) is 108 Å². The summed E-state index contributed by atoms with van der Waals surface area (Å²) >= 11 is 6.11. The Morgan fingerprint density at radius 3 is 2.50 bits per heavy atom. The van der Waals surface area contributed by atoms with Gasteiger partial charge < -0.3 is 20.3 Å². The molecule has 2 atom stereocenters. The largest absolute Gasteiger partial charge is 0.497 e. The van der Waals surface area contributed by atoms with Crippen LogP contribution in [-0.4, -0.2) is 70.2 Å². The summed E-state index contributed by atoms with van der Waals surface area (Å²) in [7, 11) is -1.80. The maximum atomic E-state index is 14.1. The van der Waals surface area contributed by atoms with Crippen LogP contribution in [0.15, 0.2) is 66.7 Å². The van der Waals surface area contributed by atoms with Crippen LogP contribution in [0, 0.1) is 0 Å². The first kappa shape index (κ1) is 30.4. The summed E-state index contributed by atoms with van der Waals surface area (Å²) in [6.45, 7) is 1.84. The number of piperidine rings is 1. The number of methoxy groups -OCH3 is 1. The Hall–Kier alpha value is -3.60. The number of likely N-dealkylation sites (tertiary alicyclic amines) is 1. The van der Waals surface area contributed by atoms with Crippen molar-refractivity contribution in [1.82, 2.24) is 15.5 Å². The average molecular weight is 637 g/mol. The number of sulfonamides is 1. The number of para-hydroxylation sites is 1. The molecule has 0 radical (unpaired) electrons. The number of anilines is 1. The van der Waals surface area contributed by atoms with Crippen LogP contribution in [0.3, 0.4) is 0 Å². The number of hydrogen-bond donors (Lipinski definition) is 2. The molecule has 3 aromatic carbocycles. The minimum Gasteiger partial charge on any atom is -0.497 e. The van der Waals surface area contributed by atoms with Gasteiger partial charge in [0.15, 0.2) is 0 Å². The molecule has 2 N–H and O–H groups in total. The number of nitrogens with one attached hydrogen (secondary N) is 2. The second kappa shape index (κ2) is 12.1. The van der Waals surface area contributed by atoms with E-state index in [1.165, 1.54) is 10.6 Å². The van der Waals surface area contributed by atoms with Gasteiger partial charge in [0.25, 0.3) is 0 Å². The summed E-state index contributed by atoms with van der Waals surface area (Å²) in [5.74, 6) is 0.409. The molecular weight excluding hydrogens is 600 g/mol. The van der Waals surface area contributed by atoms with E-state index in [1.54, 1.807) is 19.2 Å². The second-order valence-electron chi connectivity index (χ2n) is 12.1. The number of ether oxygens (including phenoxy) is 1. The number of nitrogens with zero attached hydrogens (tertiary/aromatic N) is 2. The van der Waals surface area contributed by atoms with Gasteiger partial charge in [-0.05, 0) is 71.8 Å². The molecule has 232 valence electrons. The third kappa shape index (κ3) is 6.03. The van der Waals surface area contributed by atoms with Crippen molar-refractivity contribution in [3.8, 4) is 5.75 Å². The van der Waals surface area contributed by atoms with Gasteiger partial charge in [-0.25, -0.2) is 8.42 Å². The number of carbonyl (C=O) groups is 2. The van der Waals surface area contributed by atoms with Crippen molar-refractivity contribution in [2.24, 2.45) is 0 Å². The number of rotatable bonds is 7. The molecular formula is C33H37ClN4O5S. The Bertz CT molecular complexity index is 1670. The molecule has 2 amide bonds. The molecule has 0 aliphatic carbocycles. The molecule has 1 spiro atoms. The van der Waals surface area contributed by atoms with E-state index in [2.05, 4.69) is 10.6 Å². The zero-order chi connectivity index (χ0) is 31.1. The smallest absolute Gasteiger partial charge is 0.245 e. The molecule has 0 saturated carbocycles. The van der Waals surface area contributed by atoms with Crippen LogP contribution in [0.4, 0.5) is 5.69 Å². The number of halogens is 1. The van der Waals surface area contributed by atoms with Crippen LogP contribution >= 0.6 is 11.6 Å². The van der Waals surface area contributed by atoms with Crippen molar-refractivity contribution in [3.63, 3.8) is 0 Å². The lowest BCUT2D eigenvalue weighted by atomic mass is 9.74. The van der Waals surface area contributed by atoms with Gasteiger partial charge in [-0.3, -0.25) is 13.9 Å². The van der Waals surface area contributed by atoms with E-state index >= 15 is 0 Å². The maximum absolute atomic E-state index is 14.1. The van der Waals surface area contributed by atoms with Crippen LogP contribution in [-0.2, 0) is 44.4 Å². The molecule has 1 fully saturated rings. The monoisotopic (exact) mass is 636 g/mol. The molecule has 0 bridgehead atoms. The van der Waals surface area contributed by atoms with Gasteiger partial charge in [0.1, 0.15) is 11.8 Å². The number of amides is 2. The van der Waals surface area contributed by atoms with E-state index in [1.807, 2.05) is 59.5 Å². The zero-order valence-corrected chi connectivity index (χ0v) is 26.5. The molecule has 3 aliphatic rings. The Morgan fingerprint density at radius 1 is 1.07 bits per heavy atom. The summed E-state index contributed by atoms with van der Waals surface area (Å²) in [5, 5.41) is 6.98. The highest BCUT2D eigenvalue weighted by Crippen LogP contribution is 2.47. The van der Waals surface area contributed by atoms with Gasteiger partial charge in [0.2, 0.25) is 21.8 Å². The molecule has 6 rings (SSSR count). The molecule has 1 unspecified atom stereocenters. The van der Waals surface area contributed by atoms with Gasteiger partial charge in [0, 0.05) is 43.0 Å². The highest BCUT2D eigenvalue weighted by Gasteiger charge is 2.48. The lowest BCUT2D eigenvalue weighted by Gasteiger charge is -2.41. The Kier molecular flexibility index (Phi) is 8.34. The van der Waals surface area contributed by atoms with Crippen LogP contribution in [0.25, 0.3) is 0 Å². The van der Waals surface area contributed by atoms with Crippen molar-refractivity contribution < 1.29 is 22.7 Å². The average Bonchev–Trinajstić information content (AvgIpc) is 3.35. The van der Waals surface area contributed by atoms with Crippen LogP contribution in [0.2, 0.25) is 5.02 Å². The van der Waals surface area contributed by atoms with Crippen molar-refractivity contribution >= 4 is 39.1 Å². The number of fused-ring (bicyclic) bond motifs is 3. The molecule has 1 saturated heterocycles. The first-order valence-corrected chi connectivity index (χ1v) is 17.1. The molecule has 44 heavy (non-hydrogen) atoms. The molecule has 3 aromatic rings. The number of hydrogen-bond acceptors (Lipinski definition) is 6. The summed E-state index contributed by atoms with van der Waals surface area (Å²) in [6.07, 6.45) is 3.34. The fourth-order valence-corrected chi connectivity index (χ4v) is 7.94. The molecule has 0 aromatic heterocycles. The molecule has 11 heteroatoms. The molecule has 9 nitrogen and oxygen atoms in total. The number of carbonyl (C=O) groups excluding carboxylic acids is 2. The van der Waals surface area contributed by atoms with Crippen LogP contribution in [0.5, 0.6) is 5.75 Å². The molecule has 3 heterocycles. The van der Waals surface area contributed by atoms with Crippen molar-refractivity contribution in [1.29, 1.82) is 0 Å². The van der Waals surface area contributed by atoms with Gasteiger partial charge in [-0.1, -0.05) is 48.0 Å². The van der Waals surface area contributed by atoms with E-state index in [-0.39, 0.29) is 17.2 Å². The van der Waals surface area contributed by atoms with E-state index in [0.717, 1.165) is 33.7 Å². The summed E-state index contributed by atoms with van der Waals surface area (Å²) < 4.78 is 32.1. The maximum Gasteiger partial charge on any atom is 0.245 e. The lowest BCUT2D eigenvalue weighted by Crippen LogP contribution is -2.57.